The molecule has 1 saturated carbocycles. The second-order valence-corrected chi connectivity index (χ2v) is 13.8. The lowest BCUT2D eigenvalue weighted by molar-refractivity contribution is -0.140. The fourth-order valence-corrected chi connectivity index (χ4v) is 7.35. The molecule has 7 nitrogen and oxygen atoms in total. The highest BCUT2D eigenvalue weighted by Gasteiger charge is 2.51. The number of carboxylic acid groups (broad SMARTS) is 1. The SMILES string of the molecule is O=C(O)C(c1ccc(Cl)cc1)(c1ccc(Cl)cc1)c1ccc2nc(C3CC3)n(C3CCN(S(=O)(=O)C(F)(F)F)CC3)c2c1. The van der Waals surface area contributed by atoms with E-state index in [0.717, 1.165) is 18.7 Å². The van der Waals surface area contributed by atoms with E-state index in [4.69, 9.17) is 28.2 Å². The minimum absolute atomic E-state index is 0.156. The van der Waals surface area contributed by atoms with E-state index in [2.05, 4.69) is 0 Å². The second kappa shape index (κ2) is 10.8. The topological polar surface area (TPSA) is 92.5 Å². The number of sulfonamides is 1. The summed E-state index contributed by atoms with van der Waals surface area (Å²) < 4.78 is 66.2. The smallest absolute Gasteiger partial charge is 0.480 e. The largest absolute Gasteiger partial charge is 0.511 e. The molecule has 1 aromatic heterocycles. The number of benzene rings is 3. The summed E-state index contributed by atoms with van der Waals surface area (Å²) in [5, 5.41) is 11.8. The van der Waals surface area contributed by atoms with Gasteiger partial charge in [0.15, 0.2) is 0 Å². The summed E-state index contributed by atoms with van der Waals surface area (Å²) in [6.45, 7) is -0.574. The number of hydrogen-bond acceptors (Lipinski definition) is 4. The zero-order valence-corrected chi connectivity index (χ0v) is 24.9. The van der Waals surface area contributed by atoms with Crippen molar-refractivity contribution in [2.75, 3.05) is 13.1 Å². The van der Waals surface area contributed by atoms with E-state index in [1.807, 2.05) is 4.57 Å². The van der Waals surface area contributed by atoms with E-state index in [1.54, 1.807) is 66.7 Å². The Hall–Kier alpha value is -3.12. The Morgan fingerprint density at radius 2 is 1.35 bits per heavy atom. The number of carboxylic acids is 1. The Morgan fingerprint density at radius 1 is 0.837 bits per heavy atom. The van der Waals surface area contributed by atoms with E-state index in [1.165, 1.54) is 0 Å². The molecule has 6 rings (SSSR count). The van der Waals surface area contributed by atoms with Gasteiger partial charge in [-0.1, -0.05) is 53.5 Å². The van der Waals surface area contributed by atoms with Crippen LogP contribution < -0.4 is 0 Å². The van der Waals surface area contributed by atoms with Crippen molar-refractivity contribution in [3.8, 4) is 0 Å². The van der Waals surface area contributed by atoms with Crippen molar-refractivity contribution in [3.05, 3.63) is 99.3 Å². The van der Waals surface area contributed by atoms with E-state index in [9.17, 15) is 31.5 Å². The van der Waals surface area contributed by atoms with Crippen molar-refractivity contribution >= 4 is 50.2 Å². The number of carbonyl (C=O) groups is 1. The van der Waals surface area contributed by atoms with Crippen LogP contribution in [0.4, 0.5) is 13.2 Å². The van der Waals surface area contributed by atoms with E-state index in [-0.39, 0.29) is 37.9 Å². The average molecular weight is 653 g/mol. The first-order chi connectivity index (χ1) is 20.3. The van der Waals surface area contributed by atoms with Crippen molar-refractivity contribution in [2.24, 2.45) is 0 Å². The molecule has 2 aliphatic rings. The Morgan fingerprint density at radius 3 is 1.81 bits per heavy atom. The summed E-state index contributed by atoms with van der Waals surface area (Å²) in [5.41, 5.74) is -4.39. The third-order valence-corrected chi connectivity index (χ3v) is 10.5. The molecule has 0 atom stereocenters. The number of alkyl halides is 3. The molecule has 3 aromatic carbocycles. The molecule has 0 bridgehead atoms. The number of hydrogen-bond donors (Lipinski definition) is 1. The Labute approximate surface area is 255 Å². The van der Waals surface area contributed by atoms with Crippen LogP contribution in [0.2, 0.25) is 10.0 Å². The molecule has 1 aliphatic heterocycles. The standard InChI is InChI=1S/C30H26Cl2F3N3O4S/c31-22-8-3-19(4-9-22)29(28(39)40,20-5-10-23(32)11-6-20)21-7-12-25-26(17-21)38(27(36-25)18-1-2-18)24-13-15-37(16-14-24)43(41,42)30(33,34)35/h3-12,17-18,24H,1-2,13-16H2,(H,39,40). The molecule has 0 radical (unpaired) electrons. The summed E-state index contributed by atoms with van der Waals surface area (Å²) in [6, 6.07) is 18.1. The Bertz CT molecular complexity index is 1750. The van der Waals surface area contributed by atoms with Gasteiger partial charge in [0.05, 0.1) is 11.0 Å². The molecule has 1 saturated heterocycles. The highest BCUT2D eigenvalue weighted by molar-refractivity contribution is 7.90. The molecule has 0 spiro atoms. The van der Waals surface area contributed by atoms with E-state index >= 15 is 0 Å². The fraction of sp³-hybridized carbons (Fsp3) is 0.333. The van der Waals surface area contributed by atoms with Crippen molar-refractivity contribution in [1.82, 2.24) is 13.9 Å². The monoisotopic (exact) mass is 651 g/mol. The lowest BCUT2D eigenvalue weighted by Gasteiger charge is -2.34. The number of aromatic nitrogens is 2. The van der Waals surface area contributed by atoms with Crippen LogP contribution in [0.25, 0.3) is 11.0 Å². The van der Waals surface area contributed by atoms with Gasteiger partial charge in [-0.3, -0.25) is 4.79 Å². The van der Waals surface area contributed by atoms with E-state index in [0.29, 0.717) is 42.1 Å². The van der Waals surface area contributed by atoms with Gasteiger partial charge in [-0.05, 0) is 78.8 Å². The van der Waals surface area contributed by atoms with Gasteiger partial charge >= 0.3 is 21.5 Å². The maximum atomic E-state index is 13.4. The third kappa shape index (κ3) is 5.09. The van der Waals surface area contributed by atoms with Gasteiger partial charge in [0, 0.05) is 35.1 Å². The molecule has 13 heteroatoms. The molecule has 0 amide bonds. The van der Waals surface area contributed by atoms with Crippen LogP contribution in [0.15, 0.2) is 66.7 Å². The van der Waals surface area contributed by atoms with Crippen LogP contribution in [0.3, 0.4) is 0 Å². The fourth-order valence-electron chi connectivity index (χ4n) is 6.12. The first kappa shape index (κ1) is 29.9. The molecule has 1 aliphatic carbocycles. The minimum Gasteiger partial charge on any atom is -0.480 e. The van der Waals surface area contributed by atoms with Crippen LogP contribution in [0.1, 0.15) is 60.2 Å². The van der Waals surface area contributed by atoms with Crippen LogP contribution in [-0.4, -0.2) is 51.9 Å². The van der Waals surface area contributed by atoms with Gasteiger partial charge in [0.1, 0.15) is 11.2 Å². The van der Waals surface area contributed by atoms with Crippen molar-refractivity contribution in [3.63, 3.8) is 0 Å². The molecule has 4 aromatic rings. The predicted molar refractivity (Wildman–Crippen MR) is 157 cm³/mol. The number of fused-ring (bicyclic) bond motifs is 1. The van der Waals surface area contributed by atoms with Gasteiger partial charge in [0.25, 0.3) is 0 Å². The number of aliphatic carboxylic acids is 1. The maximum Gasteiger partial charge on any atom is 0.511 e. The molecular formula is C30H26Cl2F3N3O4S. The highest BCUT2D eigenvalue weighted by atomic mass is 35.5. The zero-order valence-electron chi connectivity index (χ0n) is 22.6. The number of rotatable bonds is 7. The summed E-state index contributed by atoms with van der Waals surface area (Å²) in [7, 11) is -5.43. The van der Waals surface area contributed by atoms with Gasteiger partial charge in [0.2, 0.25) is 0 Å². The van der Waals surface area contributed by atoms with Crippen LogP contribution in [-0.2, 0) is 20.2 Å². The highest BCUT2D eigenvalue weighted by Crippen LogP contribution is 2.46. The maximum absolute atomic E-state index is 13.4. The van der Waals surface area contributed by atoms with Gasteiger partial charge in [-0.25, -0.2) is 13.4 Å². The third-order valence-electron chi connectivity index (χ3n) is 8.39. The van der Waals surface area contributed by atoms with Crippen molar-refractivity contribution in [1.29, 1.82) is 0 Å². The number of imidazole rings is 1. The molecule has 226 valence electrons. The van der Waals surface area contributed by atoms with Gasteiger partial charge in [-0.2, -0.15) is 17.5 Å². The minimum atomic E-state index is -5.43. The van der Waals surface area contributed by atoms with Crippen molar-refractivity contribution < 1.29 is 31.5 Å². The lowest BCUT2D eigenvalue weighted by Crippen LogP contribution is -2.45. The molecule has 1 N–H and O–H groups in total. The Balaban J connectivity index is 1.50. The summed E-state index contributed by atoms with van der Waals surface area (Å²) in [5.74, 6) is -0.177. The van der Waals surface area contributed by atoms with Crippen molar-refractivity contribution in [2.45, 2.75) is 48.6 Å². The lowest BCUT2D eigenvalue weighted by atomic mass is 9.69. The summed E-state index contributed by atoms with van der Waals surface area (Å²) >= 11 is 12.3. The first-order valence-corrected chi connectivity index (χ1v) is 15.9. The number of piperidine rings is 1. The second-order valence-electron chi connectivity index (χ2n) is 11.0. The first-order valence-electron chi connectivity index (χ1n) is 13.7. The van der Waals surface area contributed by atoms with E-state index < -0.39 is 26.9 Å². The summed E-state index contributed by atoms with van der Waals surface area (Å²) in [6.07, 6.45) is 2.13. The Kier molecular flexibility index (Phi) is 7.52. The van der Waals surface area contributed by atoms with Gasteiger partial charge < -0.3 is 9.67 Å². The molecule has 0 unspecified atom stereocenters. The summed E-state index contributed by atoms with van der Waals surface area (Å²) in [4.78, 5) is 18.3. The quantitative estimate of drug-likeness (QED) is 0.215. The molecular weight excluding hydrogens is 626 g/mol. The molecule has 2 fully saturated rings. The zero-order chi connectivity index (χ0) is 30.7. The molecule has 2 heterocycles. The van der Waals surface area contributed by atoms with Crippen LogP contribution in [0.5, 0.6) is 0 Å². The van der Waals surface area contributed by atoms with Gasteiger partial charge in [-0.15, -0.1) is 0 Å². The van der Waals surface area contributed by atoms with Crippen LogP contribution >= 0.6 is 23.2 Å². The molecule has 43 heavy (non-hydrogen) atoms. The number of nitrogens with zero attached hydrogens (tertiary/aromatic N) is 3. The van der Waals surface area contributed by atoms with Crippen LogP contribution in [0, 0.1) is 0 Å². The normalized spacial score (nSPS) is 17.4. The number of halogens is 5. The predicted octanol–water partition coefficient (Wildman–Crippen LogP) is 7.13. The average Bonchev–Trinajstić information content (AvgIpc) is 3.74.